The molecule has 7 rings (SSSR count). The molecule has 3 fully saturated rings. The molecule has 11 heteroatoms. The van der Waals surface area contributed by atoms with Crippen LogP contribution in [0.25, 0.3) is 33.6 Å². The number of hydrogen-bond acceptors (Lipinski definition) is 7. The molecule has 0 atom stereocenters. The Hall–Kier alpha value is -3.76. The molecule has 3 aromatic heterocycles. The van der Waals surface area contributed by atoms with Crippen molar-refractivity contribution in [2.45, 2.75) is 62.9 Å². The molecule has 3 aliphatic rings. The number of likely N-dealkylation sites (tertiary alicyclic amines) is 1. The molecule has 0 unspecified atom stereocenters. The van der Waals surface area contributed by atoms with Crippen LogP contribution in [0.3, 0.4) is 0 Å². The fraction of sp³-hybridized carbons (Fsp3) is 0.485. The van der Waals surface area contributed by atoms with Gasteiger partial charge < -0.3 is 15.5 Å². The first-order chi connectivity index (χ1) is 21.0. The average molecular weight is 616 g/mol. The van der Waals surface area contributed by atoms with Gasteiger partial charge in [-0.05, 0) is 75.6 Å². The third-order valence-corrected chi connectivity index (χ3v) is 10.0. The summed E-state index contributed by atoms with van der Waals surface area (Å²) in [5.74, 6) is 2.45. The minimum Gasteiger partial charge on any atom is -0.369 e. The van der Waals surface area contributed by atoms with E-state index in [1.54, 1.807) is 0 Å². The van der Waals surface area contributed by atoms with E-state index in [1.165, 1.54) is 0 Å². The number of amides is 1. The Morgan fingerprint density at radius 3 is 2.43 bits per heavy atom. The van der Waals surface area contributed by atoms with Crippen molar-refractivity contribution in [2.24, 2.45) is 13.0 Å². The summed E-state index contributed by atoms with van der Waals surface area (Å²) >= 11 is 0. The molecule has 1 aliphatic carbocycles. The van der Waals surface area contributed by atoms with Crippen LogP contribution in [0.1, 0.15) is 57.4 Å². The van der Waals surface area contributed by atoms with Crippen LogP contribution < -0.4 is 10.6 Å². The van der Waals surface area contributed by atoms with E-state index in [9.17, 15) is 4.79 Å². The number of anilines is 1. The van der Waals surface area contributed by atoms with Crippen LogP contribution in [-0.4, -0.2) is 72.6 Å². The SMILES string of the molecule is CN1C(=O)CCC12CCC(n1cc(-c3cnc(-c4cccc(-c5cnn(C)c5)c4)nc3NCC3CCNCC3)cn1)CC2.Cl. The van der Waals surface area contributed by atoms with E-state index in [2.05, 4.69) is 50.9 Å². The summed E-state index contributed by atoms with van der Waals surface area (Å²) < 4.78 is 3.94. The summed E-state index contributed by atoms with van der Waals surface area (Å²) in [5.41, 5.74) is 5.18. The molecule has 0 radical (unpaired) electrons. The van der Waals surface area contributed by atoms with E-state index in [0.29, 0.717) is 24.2 Å². The van der Waals surface area contributed by atoms with Crippen molar-refractivity contribution in [1.82, 2.24) is 39.7 Å². The van der Waals surface area contributed by atoms with Crippen molar-refractivity contribution < 1.29 is 4.79 Å². The van der Waals surface area contributed by atoms with Crippen molar-refractivity contribution in [2.75, 3.05) is 32.0 Å². The highest BCUT2D eigenvalue weighted by atomic mass is 35.5. The smallest absolute Gasteiger partial charge is 0.222 e. The summed E-state index contributed by atoms with van der Waals surface area (Å²) in [6.45, 7) is 3.01. The second-order valence-corrected chi connectivity index (χ2v) is 12.6. The predicted molar refractivity (Wildman–Crippen MR) is 174 cm³/mol. The molecule has 2 aliphatic heterocycles. The van der Waals surface area contributed by atoms with E-state index < -0.39 is 0 Å². The summed E-state index contributed by atoms with van der Waals surface area (Å²) in [7, 11) is 3.91. The minimum absolute atomic E-state index is 0. The van der Waals surface area contributed by atoms with Gasteiger partial charge in [-0.1, -0.05) is 18.2 Å². The number of aromatic nitrogens is 6. The van der Waals surface area contributed by atoms with Crippen molar-refractivity contribution in [3.63, 3.8) is 0 Å². The largest absolute Gasteiger partial charge is 0.369 e. The maximum atomic E-state index is 12.2. The third-order valence-electron chi connectivity index (χ3n) is 10.0. The van der Waals surface area contributed by atoms with Crippen LogP contribution in [0.4, 0.5) is 5.82 Å². The van der Waals surface area contributed by atoms with E-state index in [0.717, 1.165) is 98.2 Å². The van der Waals surface area contributed by atoms with Crippen LogP contribution in [0, 0.1) is 5.92 Å². The number of halogens is 1. The zero-order chi connectivity index (χ0) is 29.4. The maximum absolute atomic E-state index is 12.2. The number of nitrogens with zero attached hydrogens (tertiary/aromatic N) is 7. The highest BCUT2D eigenvalue weighted by Gasteiger charge is 2.45. The first-order valence-corrected chi connectivity index (χ1v) is 15.7. The Morgan fingerprint density at radius 2 is 1.70 bits per heavy atom. The van der Waals surface area contributed by atoms with Crippen LogP contribution in [0.5, 0.6) is 0 Å². The number of hydrogen-bond donors (Lipinski definition) is 2. The van der Waals surface area contributed by atoms with Crippen molar-refractivity contribution >= 4 is 24.1 Å². The zero-order valence-electron chi connectivity index (χ0n) is 25.6. The molecule has 232 valence electrons. The van der Waals surface area contributed by atoms with Crippen LogP contribution in [-0.2, 0) is 11.8 Å². The fourth-order valence-electron chi connectivity index (χ4n) is 7.21. The van der Waals surface area contributed by atoms with Crippen LogP contribution in [0.2, 0.25) is 0 Å². The Morgan fingerprint density at radius 1 is 0.932 bits per heavy atom. The van der Waals surface area contributed by atoms with Gasteiger partial charge in [-0.15, -0.1) is 12.4 Å². The van der Waals surface area contributed by atoms with Gasteiger partial charge in [0.2, 0.25) is 5.91 Å². The Labute approximate surface area is 265 Å². The first kappa shape index (κ1) is 30.3. The first-order valence-electron chi connectivity index (χ1n) is 15.7. The van der Waals surface area contributed by atoms with Gasteiger partial charge in [0.05, 0.1) is 18.4 Å². The number of piperidine rings is 1. The standard InChI is InChI=1S/C33H41N9O.ClH/c1-40-21-26(18-37-40)24-4-3-5-25(16-24)31-36-20-29(32(39-31)35-17-23-9-14-34-15-10-23)27-19-38-42(22-27)28-6-11-33(12-7-28)13-8-30(43)41(33)2;/h3-5,16,18-23,28,34H,6-15,17H2,1-2H3,(H,35,36,39);1H. The zero-order valence-corrected chi connectivity index (χ0v) is 26.4. The van der Waals surface area contributed by atoms with Crippen LogP contribution in [0.15, 0.2) is 55.2 Å². The van der Waals surface area contributed by atoms with Gasteiger partial charge in [0.15, 0.2) is 5.82 Å². The van der Waals surface area contributed by atoms with Crippen molar-refractivity contribution in [1.29, 1.82) is 0 Å². The van der Waals surface area contributed by atoms with E-state index in [-0.39, 0.29) is 23.9 Å². The van der Waals surface area contributed by atoms with E-state index in [4.69, 9.17) is 15.1 Å². The van der Waals surface area contributed by atoms with Gasteiger partial charge in [0.25, 0.3) is 0 Å². The maximum Gasteiger partial charge on any atom is 0.222 e. The molecule has 44 heavy (non-hydrogen) atoms. The second kappa shape index (κ2) is 12.7. The van der Waals surface area contributed by atoms with Crippen molar-refractivity contribution in [3.05, 3.63) is 55.2 Å². The normalized spacial score (nSPS) is 22.4. The molecule has 5 heterocycles. The number of rotatable bonds is 7. The molecule has 2 N–H and O–H groups in total. The molecular formula is C33H42ClN9O. The lowest BCUT2D eigenvalue weighted by atomic mass is 9.78. The molecule has 4 aromatic rings. The molecule has 2 saturated heterocycles. The number of nitrogens with one attached hydrogen (secondary N) is 2. The van der Waals surface area contributed by atoms with Gasteiger partial charge >= 0.3 is 0 Å². The average Bonchev–Trinajstić information content (AvgIpc) is 3.78. The monoisotopic (exact) mass is 615 g/mol. The number of benzene rings is 1. The molecule has 1 amide bonds. The van der Waals surface area contributed by atoms with E-state index in [1.807, 2.05) is 48.5 Å². The summed E-state index contributed by atoms with van der Waals surface area (Å²) in [4.78, 5) is 24.2. The Bertz CT molecular complexity index is 1600. The third kappa shape index (κ3) is 5.97. The van der Waals surface area contributed by atoms with Gasteiger partial charge in [-0.25, -0.2) is 9.97 Å². The fourth-order valence-corrected chi connectivity index (χ4v) is 7.21. The molecule has 10 nitrogen and oxygen atoms in total. The highest BCUT2D eigenvalue weighted by molar-refractivity contribution is 5.85. The molecular weight excluding hydrogens is 574 g/mol. The number of carbonyl (C=O) groups excluding carboxylic acids is 1. The second-order valence-electron chi connectivity index (χ2n) is 12.6. The lowest BCUT2D eigenvalue weighted by Gasteiger charge is -2.42. The van der Waals surface area contributed by atoms with Crippen molar-refractivity contribution in [3.8, 4) is 33.6 Å². The lowest BCUT2D eigenvalue weighted by molar-refractivity contribution is -0.130. The Kier molecular flexibility index (Phi) is 8.73. The van der Waals surface area contributed by atoms with Gasteiger partial charge in [0.1, 0.15) is 5.82 Å². The number of aryl methyl sites for hydroxylation is 1. The lowest BCUT2D eigenvalue weighted by Crippen LogP contribution is -2.46. The molecule has 1 saturated carbocycles. The quantitative estimate of drug-likeness (QED) is 0.289. The topological polar surface area (TPSA) is 106 Å². The molecule has 1 aromatic carbocycles. The molecule has 1 spiro atoms. The van der Waals surface area contributed by atoms with Crippen LogP contribution >= 0.6 is 12.4 Å². The number of carbonyl (C=O) groups is 1. The summed E-state index contributed by atoms with van der Waals surface area (Å²) in [5, 5.41) is 16.3. The van der Waals surface area contributed by atoms with E-state index >= 15 is 0 Å². The predicted octanol–water partition coefficient (Wildman–Crippen LogP) is 5.35. The highest BCUT2D eigenvalue weighted by Crippen LogP contribution is 2.44. The molecule has 0 bridgehead atoms. The van der Waals surface area contributed by atoms with Gasteiger partial charge in [0, 0.05) is 73.4 Å². The summed E-state index contributed by atoms with van der Waals surface area (Å²) in [6, 6.07) is 8.68. The summed E-state index contributed by atoms with van der Waals surface area (Å²) in [6.07, 6.45) is 18.1. The minimum atomic E-state index is 0. The van der Waals surface area contributed by atoms with Gasteiger partial charge in [-0.2, -0.15) is 10.2 Å². The Balaban J connectivity index is 0.00000343. The van der Waals surface area contributed by atoms with Gasteiger partial charge in [-0.3, -0.25) is 14.2 Å².